The zero-order chi connectivity index (χ0) is 8.27. The minimum atomic E-state index is -0.443. The maximum Gasteiger partial charge on any atom is 0.303 e. The van der Waals surface area contributed by atoms with Gasteiger partial charge < -0.3 is 4.74 Å². The third-order valence-electron chi connectivity index (χ3n) is 1.81. The van der Waals surface area contributed by atoms with Crippen molar-refractivity contribution < 1.29 is 14.3 Å². The Morgan fingerprint density at radius 1 is 1.55 bits per heavy atom. The van der Waals surface area contributed by atoms with Crippen LogP contribution in [0.2, 0.25) is 0 Å². The molecule has 3 nitrogen and oxygen atoms in total. The van der Waals surface area contributed by atoms with Crippen molar-refractivity contribution in [3.8, 4) is 0 Å². The number of hydrogen-bond acceptors (Lipinski definition) is 3. The molecule has 0 saturated heterocycles. The summed E-state index contributed by atoms with van der Waals surface area (Å²) in [6.45, 7) is 1.34. The van der Waals surface area contributed by atoms with Gasteiger partial charge in [-0.3, -0.25) is 9.59 Å². The van der Waals surface area contributed by atoms with Gasteiger partial charge in [-0.15, -0.1) is 0 Å². The first-order valence-electron chi connectivity index (χ1n) is 3.90. The summed E-state index contributed by atoms with van der Waals surface area (Å²) in [5.74, 6) is -0.281. The third kappa shape index (κ3) is 2.33. The topological polar surface area (TPSA) is 43.4 Å². The van der Waals surface area contributed by atoms with Gasteiger partial charge in [0.1, 0.15) is 0 Å². The van der Waals surface area contributed by atoms with Gasteiger partial charge in [-0.2, -0.15) is 0 Å². The van der Waals surface area contributed by atoms with Crippen molar-refractivity contribution >= 4 is 11.8 Å². The van der Waals surface area contributed by atoms with E-state index < -0.39 is 6.10 Å². The average Bonchev–Trinajstić information content (AvgIpc) is 1.93. The molecule has 0 aliphatic heterocycles. The Bertz CT molecular complexity index is 174. The Labute approximate surface area is 65.7 Å². The van der Waals surface area contributed by atoms with Crippen LogP contribution in [0.25, 0.3) is 0 Å². The molecule has 0 radical (unpaired) electrons. The van der Waals surface area contributed by atoms with E-state index in [-0.39, 0.29) is 11.8 Å². The van der Waals surface area contributed by atoms with Crippen LogP contribution in [0, 0.1) is 0 Å². The number of carbonyl (C=O) groups excluding carboxylic acids is 2. The lowest BCUT2D eigenvalue weighted by Gasteiger charge is -2.19. The van der Waals surface area contributed by atoms with E-state index in [1.165, 1.54) is 6.92 Å². The summed E-state index contributed by atoms with van der Waals surface area (Å²) in [7, 11) is 0. The van der Waals surface area contributed by atoms with Crippen LogP contribution in [-0.2, 0) is 14.3 Å². The molecule has 0 unspecified atom stereocenters. The third-order valence-corrected chi connectivity index (χ3v) is 1.81. The standard InChI is InChI=1S/C8H12O3/c1-6(9)11-8-5-3-2-4-7(8)10/h8H,2-5H2,1H3/t8-/m1/s1. The van der Waals surface area contributed by atoms with Gasteiger partial charge in [-0.05, 0) is 19.3 Å². The number of esters is 1. The first-order chi connectivity index (χ1) is 5.20. The smallest absolute Gasteiger partial charge is 0.303 e. The van der Waals surface area contributed by atoms with Gasteiger partial charge in [-0.1, -0.05) is 0 Å². The molecule has 0 heterocycles. The summed E-state index contributed by atoms with van der Waals surface area (Å²) in [5.41, 5.74) is 0. The highest BCUT2D eigenvalue weighted by atomic mass is 16.5. The lowest BCUT2D eigenvalue weighted by Crippen LogP contribution is -2.29. The van der Waals surface area contributed by atoms with Crippen molar-refractivity contribution in [1.29, 1.82) is 0 Å². The Balaban J connectivity index is 2.42. The van der Waals surface area contributed by atoms with Crippen molar-refractivity contribution in [2.24, 2.45) is 0 Å². The number of ketones is 1. The normalized spacial score (nSPS) is 24.8. The molecule has 0 bridgehead atoms. The molecule has 1 rings (SSSR count). The van der Waals surface area contributed by atoms with Gasteiger partial charge in [-0.25, -0.2) is 0 Å². The molecule has 0 spiro atoms. The van der Waals surface area contributed by atoms with Crippen LogP contribution >= 0.6 is 0 Å². The predicted octanol–water partition coefficient (Wildman–Crippen LogP) is 1.06. The number of ether oxygens (including phenoxy) is 1. The van der Waals surface area contributed by atoms with Crippen molar-refractivity contribution in [3.63, 3.8) is 0 Å². The highest BCUT2D eigenvalue weighted by Gasteiger charge is 2.24. The second kappa shape index (κ2) is 3.51. The van der Waals surface area contributed by atoms with Crippen LogP contribution in [0.15, 0.2) is 0 Å². The predicted molar refractivity (Wildman–Crippen MR) is 39.0 cm³/mol. The van der Waals surface area contributed by atoms with E-state index in [0.717, 1.165) is 12.8 Å². The number of hydrogen-bond donors (Lipinski definition) is 0. The molecule has 1 aliphatic carbocycles. The summed E-state index contributed by atoms with van der Waals surface area (Å²) < 4.78 is 4.81. The van der Waals surface area contributed by atoms with Crippen LogP contribution in [0.4, 0.5) is 0 Å². The fourth-order valence-electron chi connectivity index (χ4n) is 1.28. The zero-order valence-corrected chi connectivity index (χ0v) is 6.63. The molecule has 1 saturated carbocycles. The largest absolute Gasteiger partial charge is 0.455 e. The van der Waals surface area contributed by atoms with E-state index in [4.69, 9.17) is 4.74 Å². The first kappa shape index (κ1) is 8.24. The molecule has 0 amide bonds. The molecule has 1 aliphatic rings. The maximum absolute atomic E-state index is 11.1. The summed E-state index contributed by atoms with van der Waals surface area (Å²) >= 11 is 0. The van der Waals surface area contributed by atoms with Crippen LogP contribution in [0.1, 0.15) is 32.6 Å². The Morgan fingerprint density at radius 2 is 2.27 bits per heavy atom. The van der Waals surface area contributed by atoms with E-state index in [9.17, 15) is 9.59 Å². The van der Waals surface area contributed by atoms with Gasteiger partial charge in [0.25, 0.3) is 0 Å². The molecular weight excluding hydrogens is 144 g/mol. The van der Waals surface area contributed by atoms with Gasteiger partial charge in [0, 0.05) is 13.3 Å². The molecule has 0 N–H and O–H groups in total. The Kier molecular flexibility index (Phi) is 2.63. The highest BCUT2D eigenvalue weighted by Crippen LogP contribution is 2.17. The van der Waals surface area contributed by atoms with E-state index >= 15 is 0 Å². The van der Waals surface area contributed by atoms with Crippen LogP contribution in [0.5, 0.6) is 0 Å². The van der Waals surface area contributed by atoms with Crippen molar-refractivity contribution in [2.45, 2.75) is 38.7 Å². The van der Waals surface area contributed by atoms with Crippen molar-refractivity contribution in [1.82, 2.24) is 0 Å². The summed E-state index contributed by atoms with van der Waals surface area (Å²) in [5, 5.41) is 0. The Hall–Kier alpha value is -0.860. The van der Waals surface area contributed by atoms with Gasteiger partial charge >= 0.3 is 5.97 Å². The van der Waals surface area contributed by atoms with Crippen molar-refractivity contribution in [2.75, 3.05) is 0 Å². The molecule has 11 heavy (non-hydrogen) atoms. The summed E-state index contributed by atoms with van der Waals surface area (Å²) in [6, 6.07) is 0. The monoisotopic (exact) mass is 156 g/mol. The second-order valence-corrected chi connectivity index (χ2v) is 2.81. The molecule has 0 aromatic heterocycles. The van der Waals surface area contributed by atoms with Crippen LogP contribution in [0.3, 0.4) is 0 Å². The minimum Gasteiger partial charge on any atom is -0.455 e. The fraction of sp³-hybridized carbons (Fsp3) is 0.750. The zero-order valence-electron chi connectivity index (χ0n) is 6.63. The van der Waals surface area contributed by atoms with Gasteiger partial charge in [0.2, 0.25) is 0 Å². The first-order valence-corrected chi connectivity index (χ1v) is 3.90. The second-order valence-electron chi connectivity index (χ2n) is 2.81. The lowest BCUT2D eigenvalue weighted by atomic mass is 9.96. The average molecular weight is 156 g/mol. The Morgan fingerprint density at radius 3 is 2.82 bits per heavy atom. The summed E-state index contributed by atoms with van der Waals surface area (Å²) in [4.78, 5) is 21.5. The molecule has 0 aromatic rings. The van der Waals surface area contributed by atoms with Crippen LogP contribution < -0.4 is 0 Å². The molecule has 1 atom stereocenters. The quantitative estimate of drug-likeness (QED) is 0.533. The molecule has 62 valence electrons. The minimum absolute atomic E-state index is 0.0754. The van der Waals surface area contributed by atoms with Gasteiger partial charge in [0.05, 0.1) is 0 Å². The summed E-state index contributed by atoms with van der Waals surface area (Å²) in [6.07, 6.45) is 2.76. The van der Waals surface area contributed by atoms with Gasteiger partial charge in [0.15, 0.2) is 11.9 Å². The highest BCUT2D eigenvalue weighted by molar-refractivity contribution is 5.85. The molecule has 3 heteroatoms. The van der Waals surface area contributed by atoms with E-state index in [1.54, 1.807) is 0 Å². The molecular formula is C8H12O3. The molecule has 0 aromatic carbocycles. The number of rotatable bonds is 1. The fourth-order valence-corrected chi connectivity index (χ4v) is 1.28. The SMILES string of the molecule is CC(=O)O[C@@H]1CCCCC1=O. The maximum atomic E-state index is 11.1. The van der Waals surface area contributed by atoms with E-state index in [2.05, 4.69) is 0 Å². The number of Topliss-reactive ketones (excluding diaryl/α,β-unsaturated/α-hetero) is 1. The van der Waals surface area contributed by atoms with E-state index in [1.807, 2.05) is 0 Å². The van der Waals surface area contributed by atoms with E-state index in [0.29, 0.717) is 12.8 Å². The number of carbonyl (C=O) groups is 2. The lowest BCUT2D eigenvalue weighted by molar-refractivity contribution is -0.154. The molecule has 1 fully saturated rings. The van der Waals surface area contributed by atoms with Crippen molar-refractivity contribution in [3.05, 3.63) is 0 Å². The van der Waals surface area contributed by atoms with Crippen LogP contribution in [-0.4, -0.2) is 17.9 Å².